The molecule has 2 N–H and O–H groups in total. The Morgan fingerprint density at radius 2 is 2.03 bits per heavy atom. The fourth-order valence-corrected chi connectivity index (χ4v) is 3.41. The van der Waals surface area contributed by atoms with Gasteiger partial charge in [-0.3, -0.25) is 14.7 Å². The number of hydrogen-bond donors (Lipinski definition) is 2. The lowest BCUT2D eigenvalue weighted by molar-refractivity contribution is -0.122. The van der Waals surface area contributed by atoms with Gasteiger partial charge in [0.25, 0.3) is 0 Å². The summed E-state index contributed by atoms with van der Waals surface area (Å²) in [5.41, 5.74) is 0. The number of guanidine groups is 1. The van der Waals surface area contributed by atoms with E-state index in [9.17, 15) is 4.79 Å². The summed E-state index contributed by atoms with van der Waals surface area (Å²) in [4.78, 5) is 21.2. The van der Waals surface area contributed by atoms with Crippen molar-refractivity contribution in [1.29, 1.82) is 0 Å². The van der Waals surface area contributed by atoms with Crippen LogP contribution in [0, 0.1) is 5.92 Å². The quantitative estimate of drug-likeness (QED) is 0.260. The van der Waals surface area contributed by atoms with Gasteiger partial charge in [-0.2, -0.15) is 0 Å². The van der Waals surface area contributed by atoms with Gasteiger partial charge in [0.15, 0.2) is 5.96 Å². The summed E-state index contributed by atoms with van der Waals surface area (Å²) < 4.78 is 16.1. The van der Waals surface area contributed by atoms with Crippen LogP contribution in [0.15, 0.2) is 4.99 Å². The van der Waals surface area contributed by atoms with Crippen molar-refractivity contribution in [2.75, 3.05) is 92.5 Å². The third-order valence-electron chi connectivity index (χ3n) is 5.09. The summed E-state index contributed by atoms with van der Waals surface area (Å²) in [6.45, 7) is 11.9. The molecule has 2 aliphatic rings. The number of piperazine rings is 1. The van der Waals surface area contributed by atoms with Crippen molar-refractivity contribution in [3.05, 3.63) is 0 Å². The summed E-state index contributed by atoms with van der Waals surface area (Å²) >= 11 is 0. The molecule has 2 rings (SSSR count). The van der Waals surface area contributed by atoms with Crippen molar-refractivity contribution in [3.63, 3.8) is 0 Å². The van der Waals surface area contributed by atoms with E-state index in [4.69, 9.17) is 19.2 Å². The first-order valence-electron chi connectivity index (χ1n) is 10.9. The highest BCUT2D eigenvalue weighted by Crippen LogP contribution is 2.12. The monoisotopic (exact) mass is 413 g/mol. The highest BCUT2D eigenvalue weighted by molar-refractivity contribution is 5.80. The van der Waals surface area contributed by atoms with Crippen LogP contribution in [0.3, 0.4) is 0 Å². The second kappa shape index (κ2) is 14.5. The van der Waals surface area contributed by atoms with E-state index in [0.29, 0.717) is 25.6 Å². The third kappa shape index (κ3) is 9.75. The first kappa shape index (κ1) is 23.9. The smallest absolute Gasteiger partial charge is 0.234 e. The molecule has 1 atom stereocenters. The van der Waals surface area contributed by atoms with Gasteiger partial charge in [-0.25, -0.2) is 0 Å². The maximum absolute atomic E-state index is 11.9. The number of carbonyl (C=O) groups is 1. The second-order valence-corrected chi connectivity index (χ2v) is 7.50. The Morgan fingerprint density at radius 3 is 2.72 bits per heavy atom. The van der Waals surface area contributed by atoms with Gasteiger partial charge in [-0.1, -0.05) is 0 Å². The van der Waals surface area contributed by atoms with Crippen LogP contribution in [0.5, 0.6) is 0 Å². The van der Waals surface area contributed by atoms with Crippen molar-refractivity contribution >= 4 is 11.9 Å². The molecular formula is C20H39N5O4. The van der Waals surface area contributed by atoms with Crippen LogP contribution in [0.4, 0.5) is 0 Å². The van der Waals surface area contributed by atoms with Crippen LogP contribution in [0.2, 0.25) is 0 Å². The number of aliphatic imine (C=N–C) groups is 1. The number of amides is 1. The van der Waals surface area contributed by atoms with Crippen LogP contribution in [-0.4, -0.2) is 114 Å². The Labute approximate surface area is 175 Å². The molecule has 0 spiro atoms. The number of carbonyl (C=O) groups excluding carboxylic acids is 1. The second-order valence-electron chi connectivity index (χ2n) is 7.50. The summed E-state index contributed by atoms with van der Waals surface area (Å²) in [6, 6.07) is 0. The predicted octanol–water partition coefficient (Wildman–Crippen LogP) is -0.225. The molecule has 2 aliphatic heterocycles. The average molecular weight is 414 g/mol. The molecule has 0 radical (unpaired) electrons. The molecule has 9 heteroatoms. The molecule has 2 fully saturated rings. The number of nitrogens with one attached hydrogen (secondary N) is 2. The standard InChI is InChI=1S/C20H39N5O4/c1-3-21-20(23-6-4-12-28-16-18-5-13-29-17-18)25-10-8-24(9-11-25)15-19(26)22-7-14-27-2/h18H,3-17H2,1-2H3,(H,21,23)(H,22,26). The molecule has 2 heterocycles. The predicted molar refractivity (Wildman–Crippen MR) is 113 cm³/mol. The Kier molecular flexibility index (Phi) is 12.0. The largest absolute Gasteiger partial charge is 0.383 e. The summed E-state index contributed by atoms with van der Waals surface area (Å²) in [5, 5.41) is 6.26. The fourth-order valence-electron chi connectivity index (χ4n) is 3.41. The van der Waals surface area contributed by atoms with Gasteiger partial charge in [0.1, 0.15) is 0 Å². The first-order valence-corrected chi connectivity index (χ1v) is 10.9. The summed E-state index contributed by atoms with van der Waals surface area (Å²) in [7, 11) is 1.63. The molecule has 1 amide bonds. The Hall–Kier alpha value is -1.42. The summed E-state index contributed by atoms with van der Waals surface area (Å²) in [6.07, 6.45) is 2.04. The molecule has 168 valence electrons. The average Bonchev–Trinajstić information content (AvgIpc) is 3.24. The molecular weight excluding hydrogens is 374 g/mol. The molecule has 0 aromatic rings. The lowest BCUT2D eigenvalue weighted by Crippen LogP contribution is -2.54. The highest BCUT2D eigenvalue weighted by Gasteiger charge is 2.21. The minimum absolute atomic E-state index is 0.0558. The zero-order valence-electron chi connectivity index (χ0n) is 18.2. The van der Waals surface area contributed by atoms with E-state index >= 15 is 0 Å². The summed E-state index contributed by atoms with van der Waals surface area (Å²) in [5.74, 6) is 1.58. The van der Waals surface area contributed by atoms with Crippen molar-refractivity contribution in [1.82, 2.24) is 20.4 Å². The van der Waals surface area contributed by atoms with E-state index < -0.39 is 0 Å². The minimum atomic E-state index is 0.0558. The van der Waals surface area contributed by atoms with Gasteiger partial charge in [0.2, 0.25) is 5.91 Å². The fraction of sp³-hybridized carbons (Fsp3) is 0.900. The van der Waals surface area contributed by atoms with Crippen LogP contribution < -0.4 is 10.6 Å². The van der Waals surface area contributed by atoms with Gasteiger partial charge < -0.3 is 29.7 Å². The molecule has 29 heavy (non-hydrogen) atoms. The van der Waals surface area contributed by atoms with Gasteiger partial charge in [0, 0.05) is 72.1 Å². The van der Waals surface area contributed by atoms with Gasteiger partial charge >= 0.3 is 0 Å². The molecule has 0 aromatic heterocycles. The van der Waals surface area contributed by atoms with Crippen molar-refractivity contribution < 1.29 is 19.0 Å². The molecule has 2 saturated heterocycles. The van der Waals surface area contributed by atoms with Gasteiger partial charge in [-0.15, -0.1) is 0 Å². The lowest BCUT2D eigenvalue weighted by atomic mass is 10.1. The van der Waals surface area contributed by atoms with Gasteiger partial charge in [0.05, 0.1) is 26.4 Å². The first-order chi connectivity index (χ1) is 14.2. The minimum Gasteiger partial charge on any atom is -0.383 e. The van der Waals surface area contributed by atoms with E-state index in [1.54, 1.807) is 7.11 Å². The maximum Gasteiger partial charge on any atom is 0.234 e. The van der Waals surface area contributed by atoms with Gasteiger partial charge in [-0.05, 0) is 19.8 Å². The van der Waals surface area contributed by atoms with E-state index in [0.717, 1.165) is 84.5 Å². The third-order valence-corrected chi connectivity index (χ3v) is 5.09. The zero-order chi connectivity index (χ0) is 20.7. The maximum atomic E-state index is 11.9. The lowest BCUT2D eigenvalue weighted by Gasteiger charge is -2.36. The van der Waals surface area contributed by atoms with Crippen molar-refractivity contribution in [2.24, 2.45) is 10.9 Å². The molecule has 0 aromatic carbocycles. The van der Waals surface area contributed by atoms with Crippen molar-refractivity contribution in [3.8, 4) is 0 Å². The Bertz CT molecular complexity index is 477. The van der Waals surface area contributed by atoms with E-state index in [1.165, 1.54) is 0 Å². The molecule has 9 nitrogen and oxygen atoms in total. The number of nitrogens with zero attached hydrogens (tertiary/aromatic N) is 3. The normalized spacial score (nSPS) is 20.8. The van der Waals surface area contributed by atoms with E-state index in [1.807, 2.05) is 0 Å². The van der Waals surface area contributed by atoms with Crippen LogP contribution in [0.1, 0.15) is 19.8 Å². The molecule has 0 saturated carbocycles. The number of hydrogen-bond acceptors (Lipinski definition) is 6. The van der Waals surface area contributed by atoms with Crippen LogP contribution >= 0.6 is 0 Å². The molecule has 0 aliphatic carbocycles. The van der Waals surface area contributed by atoms with Crippen LogP contribution in [0.25, 0.3) is 0 Å². The topological polar surface area (TPSA) is 87.7 Å². The van der Waals surface area contributed by atoms with Crippen LogP contribution in [-0.2, 0) is 19.0 Å². The van der Waals surface area contributed by atoms with E-state index in [2.05, 4.69) is 27.4 Å². The number of methoxy groups -OCH3 is 1. The number of ether oxygens (including phenoxy) is 3. The molecule has 0 bridgehead atoms. The zero-order valence-corrected chi connectivity index (χ0v) is 18.2. The molecule has 1 unspecified atom stereocenters. The Balaban J connectivity index is 1.62. The number of rotatable bonds is 12. The SMILES string of the molecule is CCNC(=NCCCOCC1CCOC1)N1CCN(CC(=O)NCCOC)CC1. The van der Waals surface area contributed by atoms with E-state index in [-0.39, 0.29) is 5.91 Å². The highest BCUT2D eigenvalue weighted by atomic mass is 16.5. The van der Waals surface area contributed by atoms with Crippen molar-refractivity contribution in [2.45, 2.75) is 19.8 Å². The Morgan fingerprint density at radius 1 is 1.21 bits per heavy atom.